The Kier molecular flexibility index (Phi) is 5.94. The Morgan fingerprint density at radius 3 is 2.79 bits per heavy atom. The van der Waals surface area contributed by atoms with Gasteiger partial charge in [0.2, 0.25) is 11.8 Å². The first-order valence-corrected chi connectivity index (χ1v) is 10.8. The second-order valence-corrected chi connectivity index (χ2v) is 8.77. The van der Waals surface area contributed by atoms with Gasteiger partial charge in [0.25, 0.3) is 0 Å². The van der Waals surface area contributed by atoms with Crippen LogP contribution in [-0.2, 0) is 22.6 Å². The van der Waals surface area contributed by atoms with E-state index in [2.05, 4.69) is 26.6 Å². The molecule has 4 rings (SSSR count). The van der Waals surface area contributed by atoms with E-state index in [0.717, 1.165) is 45.4 Å². The maximum atomic E-state index is 12.7. The highest BCUT2D eigenvalue weighted by molar-refractivity contribution is 7.10. The third-order valence-corrected chi connectivity index (χ3v) is 6.70. The Balaban J connectivity index is 1.23. The Hall–Kier alpha value is -1.96. The number of anilines is 1. The van der Waals surface area contributed by atoms with Gasteiger partial charge in [-0.25, -0.2) is 4.98 Å². The maximum Gasteiger partial charge on any atom is 0.237 e. The number of aromatic nitrogens is 1. The summed E-state index contributed by atoms with van der Waals surface area (Å²) in [6, 6.07) is 5.53. The van der Waals surface area contributed by atoms with E-state index >= 15 is 0 Å². The Morgan fingerprint density at radius 2 is 2.04 bits per heavy atom. The minimum Gasteiger partial charge on any atom is -0.337 e. The van der Waals surface area contributed by atoms with Crippen LogP contribution in [0.2, 0.25) is 5.02 Å². The standard InChI is InChI=1S/C20H23ClN4O2S/c21-16-1-2-18(22-11-16)23-20(27)14-3-7-24(8-4-14)13-19(26)25-9-5-17-15(12-25)6-10-28-17/h1-2,6,10-11,14H,3-5,7-9,12-13H2,(H,22,23,27). The highest BCUT2D eigenvalue weighted by Crippen LogP contribution is 2.25. The van der Waals surface area contributed by atoms with Crippen LogP contribution >= 0.6 is 22.9 Å². The van der Waals surface area contributed by atoms with Crippen LogP contribution in [-0.4, -0.2) is 52.8 Å². The van der Waals surface area contributed by atoms with Crippen LogP contribution in [0.5, 0.6) is 0 Å². The molecule has 0 saturated carbocycles. The highest BCUT2D eigenvalue weighted by atomic mass is 35.5. The number of piperidine rings is 1. The lowest BCUT2D eigenvalue weighted by Crippen LogP contribution is -2.45. The number of carbonyl (C=O) groups is 2. The zero-order valence-electron chi connectivity index (χ0n) is 15.6. The topological polar surface area (TPSA) is 65.5 Å². The second-order valence-electron chi connectivity index (χ2n) is 7.34. The molecule has 0 atom stereocenters. The van der Waals surface area contributed by atoms with Crippen molar-refractivity contribution in [1.29, 1.82) is 0 Å². The second kappa shape index (κ2) is 8.59. The number of amides is 2. The van der Waals surface area contributed by atoms with Gasteiger partial charge in [-0.05, 0) is 61.5 Å². The zero-order valence-corrected chi connectivity index (χ0v) is 17.1. The molecule has 0 spiro atoms. The first kappa shape index (κ1) is 19.4. The lowest BCUT2D eigenvalue weighted by molar-refractivity contribution is -0.133. The van der Waals surface area contributed by atoms with Gasteiger partial charge in [-0.1, -0.05) is 11.6 Å². The summed E-state index contributed by atoms with van der Waals surface area (Å²) >= 11 is 7.60. The summed E-state index contributed by atoms with van der Waals surface area (Å²) in [5.74, 6) is 0.643. The molecule has 0 unspecified atom stereocenters. The van der Waals surface area contributed by atoms with E-state index in [0.29, 0.717) is 17.4 Å². The summed E-state index contributed by atoms with van der Waals surface area (Å²) in [5, 5.41) is 5.50. The summed E-state index contributed by atoms with van der Waals surface area (Å²) in [6.07, 6.45) is 3.98. The average molecular weight is 419 g/mol. The molecule has 2 amide bonds. The van der Waals surface area contributed by atoms with Crippen molar-refractivity contribution in [2.24, 2.45) is 5.92 Å². The van der Waals surface area contributed by atoms with Crippen LogP contribution < -0.4 is 5.32 Å². The number of nitrogens with zero attached hydrogens (tertiary/aromatic N) is 3. The van der Waals surface area contributed by atoms with Gasteiger partial charge in [-0.15, -0.1) is 11.3 Å². The van der Waals surface area contributed by atoms with Gasteiger partial charge in [0, 0.05) is 30.1 Å². The van der Waals surface area contributed by atoms with Gasteiger partial charge in [-0.2, -0.15) is 0 Å². The molecular formula is C20H23ClN4O2S. The predicted octanol–water partition coefficient (Wildman–Crippen LogP) is 3.03. The van der Waals surface area contributed by atoms with Crippen molar-refractivity contribution in [2.45, 2.75) is 25.8 Å². The van der Waals surface area contributed by atoms with Crippen LogP contribution in [0.25, 0.3) is 0 Å². The van der Waals surface area contributed by atoms with E-state index in [-0.39, 0.29) is 17.7 Å². The number of fused-ring (bicyclic) bond motifs is 1. The van der Waals surface area contributed by atoms with Crippen molar-refractivity contribution < 1.29 is 9.59 Å². The van der Waals surface area contributed by atoms with Crippen molar-refractivity contribution in [2.75, 3.05) is 31.5 Å². The molecule has 1 N–H and O–H groups in total. The molecule has 1 saturated heterocycles. The third kappa shape index (κ3) is 4.54. The number of thiophene rings is 1. The molecule has 0 bridgehead atoms. The molecule has 0 aliphatic carbocycles. The molecule has 2 aromatic rings. The van der Waals surface area contributed by atoms with E-state index < -0.39 is 0 Å². The van der Waals surface area contributed by atoms with Crippen LogP contribution in [0.1, 0.15) is 23.3 Å². The minimum atomic E-state index is -0.0489. The smallest absolute Gasteiger partial charge is 0.237 e. The number of halogens is 1. The largest absolute Gasteiger partial charge is 0.337 e. The summed E-state index contributed by atoms with van der Waals surface area (Å²) < 4.78 is 0. The summed E-state index contributed by atoms with van der Waals surface area (Å²) in [5.41, 5.74) is 1.29. The fourth-order valence-corrected chi connectivity index (χ4v) is 4.79. The molecule has 6 nitrogen and oxygen atoms in total. The SMILES string of the molecule is O=C(Nc1ccc(Cl)cn1)C1CCN(CC(=O)N2CCc3sccc3C2)CC1. The average Bonchev–Trinajstić information content (AvgIpc) is 3.18. The molecular weight excluding hydrogens is 396 g/mol. The van der Waals surface area contributed by atoms with Gasteiger partial charge in [0.15, 0.2) is 0 Å². The summed E-state index contributed by atoms with van der Waals surface area (Å²) in [6.45, 7) is 3.49. The first-order valence-electron chi connectivity index (χ1n) is 9.56. The molecule has 2 aliphatic rings. The lowest BCUT2D eigenvalue weighted by atomic mass is 9.96. The van der Waals surface area contributed by atoms with Gasteiger partial charge in [0.1, 0.15) is 5.82 Å². The molecule has 2 aromatic heterocycles. The van der Waals surface area contributed by atoms with Gasteiger partial charge >= 0.3 is 0 Å². The molecule has 148 valence electrons. The van der Waals surface area contributed by atoms with Crippen molar-refractivity contribution in [3.8, 4) is 0 Å². The molecule has 0 radical (unpaired) electrons. The summed E-state index contributed by atoms with van der Waals surface area (Å²) in [4.78, 5) is 34.8. The van der Waals surface area contributed by atoms with Crippen LogP contribution in [0.15, 0.2) is 29.8 Å². The minimum absolute atomic E-state index is 0.0122. The number of carbonyl (C=O) groups excluding carboxylic acids is 2. The molecule has 4 heterocycles. The van der Waals surface area contributed by atoms with E-state index in [4.69, 9.17) is 11.6 Å². The molecule has 2 aliphatic heterocycles. The third-order valence-electron chi connectivity index (χ3n) is 5.46. The number of likely N-dealkylation sites (tertiary alicyclic amines) is 1. The molecule has 0 aromatic carbocycles. The summed E-state index contributed by atoms with van der Waals surface area (Å²) in [7, 11) is 0. The maximum absolute atomic E-state index is 12.7. The van der Waals surface area contributed by atoms with Crippen molar-refractivity contribution in [3.05, 3.63) is 45.2 Å². The van der Waals surface area contributed by atoms with E-state index in [9.17, 15) is 9.59 Å². The number of hydrogen-bond donors (Lipinski definition) is 1. The fraction of sp³-hybridized carbons (Fsp3) is 0.450. The molecule has 8 heteroatoms. The van der Waals surface area contributed by atoms with Crippen LogP contribution in [0.3, 0.4) is 0 Å². The van der Waals surface area contributed by atoms with Gasteiger partial charge in [0.05, 0.1) is 11.6 Å². The quantitative estimate of drug-likeness (QED) is 0.828. The predicted molar refractivity (Wildman–Crippen MR) is 110 cm³/mol. The Labute approximate surface area is 173 Å². The Morgan fingerprint density at radius 1 is 1.21 bits per heavy atom. The van der Waals surface area contributed by atoms with Crippen molar-refractivity contribution in [3.63, 3.8) is 0 Å². The normalized spacial score (nSPS) is 18.0. The van der Waals surface area contributed by atoms with Crippen molar-refractivity contribution in [1.82, 2.24) is 14.8 Å². The Bertz CT molecular complexity index is 846. The number of nitrogens with one attached hydrogen (secondary N) is 1. The number of pyridine rings is 1. The van der Waals surface area contributed by atoms with Crippen molar-refractivity contribution >= 4 is 40.6 Å². The van der Waals surface area contributed by atoms with E-state index in [1.54, 1.807) is 23.5 Å². The van der Waals surface area contributed by atoms with Gasteiger partial charge in [-0.3, -0.25) is 14.5 Å². The number of hydrogen-bond acceptors (Lipinski definition) is 5. The monoisotopic (exact) mass is 418 g/mol. The van der Waals surface area contributed by atoms with E-state index in [1.807, 2.05) is 4.90 Å². The van der Waals surface area contributed by atoms with Crippen LogP contribution in [0.4, 0.5) is 5.82 Å². The lowest BCUT2D eigenvalue weighted by Gasteiger charge is -2.33. The van der Waals surface area contributed by atoms with Gasteiger partial charge < -0.3 is 10.2 Å². The zero-order chi connectivity index (χ0) is 19.5. The number of rotatable bonds is 4. The fourth-order valence-electron chi connectivity index (χ4n) is 3.78. The van der Waals surface area contributed by atoms with Crippen LogP contribution in [0, 0.1) is 5.92 Å². The molecule has 28 heavy (non-hydrogen) atoms. The first-order chi connectivity index (χ1) is 13.6. The highest BCUT2D eigenvalue weighted by Gasteiger charge is 2.28. The molecule has 1 fully saturated rings. The van der Waals surface area contributed by atoms with E-state index in [1.165, 1.54) is 16.6 Å².